The number of benzene rings is 1. The van der Waals surface area contributed by atoms with Crippen molar-refractivity contribution in [1.82, 2.24) is 29.7 Å². The molecule has 1 saturated heterocycles. The lowest BCUT2D eigenvalue weighted by atomic mass is 10.00. The van der Waals surface area contributed by atoms with E-state index in [9.17, 15) is 9.18 Å². The first kappa shape index (κ1) is 17.7. The monoisotopic (exact) mass is 396 g/mol. The molecule has 4 heterocycles. The molecular formula is C19H17FN6O3. The zero-order valence-corrected chi connectivity index (χ0v) is 15.5. The molecule has 3 aromatic heterocycles. The van der Waals surface area contributed by atoms with Crippen LogP contribution in [0.3, 0.4) is 0 Å². The first-order chi connectivity index (χ1) is 14.1. The summed E-state index contributed by atoms with van der Waals surface area (Å²) in [5, 5.41) is 11.9. The lowest BCUT2D eigenvalue weighted by Crippen LogP contribution is -2.21. The Kier molecular flexibility index (Phi) is 4.20. The van der Waals surface area contributed by atoms with Crippen LogP contribution >= 0.6 is 0 Å². The molecule has 148 valence electrons. The Morgan fingerprint density at radius 2 is 2.07 bits per heavy atom. The average Bonchev–Trinajstić information content (AvgIpc) is 3.45. The Morgan fingerprint density at radius 1 is 1.24 bits per heavy atom. The number of nitrogens with zero attached hydrogens (tertiary/aromatic N) is 6. The van der Waals surface area contributed by atoms with Crippen LogP contribution in [0.4, 0.5) is 4.39 Å². The highest BCUT2D eigenvalue weighted by molar-refractivity contribution is 5.72. The smallest absolute Gasteiger partial charge is 0.278 e. The number of hydrogen-bond acceptors (Lipinski definition) is 7. The molecule has 1 aliphatic rings. The van der Waals surface area contributed by atoms with Gasteiger partial charge in [-0.15, -0.1) is 5.10 Å². The summed E-state index contributed by atoms with van der Waals surface area (Å²) in [6, 6.07) is 8.01. The van der Waals surface area contributed by atoms with Gasteiger partial charge in [-0.1, -0.05) is 22.5 Å². The quantitative estimate of drug-likeness (QED) is 0.520. The SMILES string of the molecule is Cn1nnc2ccn(Cc3nc([C@@H]4CO[C@@H](c5ccc(F)cc5)C4)no3)c(=O)c21. The van der Waals surface area contributed by atoms with E-state index in [-0.39, 0.29) is 29.9 Å². The minimum Gasteiger partial charge on any atom is -0.373 e. The Bertz CT molecular complexity index is 1230. The van der Waals surface area contributed by atoms with E-state index in [1.54, 1.807) is 31.4 Å². The summed E-state index contributed by atoms with van der Waals surface area (Å²) in [5.74, 6) is 0.576. The summed E-state index contributed by atoms with van der Waals surface area (Å²) >= 11 is 0. The molecule has 0 amide bonds. The van der Waals surface area contributed by atoms with E-state index in [0.717, 1.165) is 5.56 Å². The minimum absolute atomic E-state index is 0.0250. The van der Waals surface area contributed by atoms with E-state index >= 15 is 0 Å². The number of rotatable bonds is 4. The van der Waals surface area contributed by atoms with Crippen LogP contribution in [-0.2, 0) is 18.3 Å². The molecule has 1 aliphatic heterocycles. The first-order valence-corrected chi connectivity index (χ1v) is 9.17. The molecule has 2 atom stereocenters. The molecule has 0 aliphatic carbocycles. The summed E-state index contributed by atoms with van der Waals surface area (Å²) in [6.45, 7) is 0.607. The Morgan fingerprint density at radius 3 is 2.90 bits per heavy atom. The van der Waals surface area contributed by atoms with Crippen LogP contribution in [0.15, 0.2) is 45.8 Å². The molecule has 9 nitrogen and oxygen atoms in total. The average molecular weight is 396 g/mol. The molecule has 29 heavy (non-hydrogen) atoms. The highest BCUT2D eigenvalue weighted by Crippen LogP contribution is 2.37. The molecule has 0 radical (unpaired) electrons. The zero-order valence-electron chi connectivity index (χ0n) is 15.5. The fourth-order valence-corrected chi connectivity index (χ4v) is 3.58. The first-order valence-electron chi connectivity index (χ1n) is 9.17. The third kappa shape index (κ3) is 3.21. The van der Waals surface area contributed by atoms with Crippen LogP contribution in [0.5, 0.6) is 0 Å². The molecule has 5 rings (SSSR count). The highest BCUT2D eigenvalue weighted by Gasteiger charge is 2.31. The van der Waals surface area contributed by atoms with Gasteiger partial charge in [-0.2, -0.15) is 4.98 Å². The summed E-state index contributed by atoms with van der Waals surface area (Å²) in [5.41, 5.74) is 1.64. The number of halogens is 1. The molecule has 0 unspecified atom stereocenters. The second-order valence-electron chi connectivity index (χ2n) is 7.05. The van der Waals surface area contributed by atoms with Crippen molar-refractivity contribution in [2.75, 3.05) is 6.61 Å². The second-order valence-corrected chi connectivity index (χ2v) is 7.05. The van der Waals surface area contributed by atoms with Crippen LogP contribution < -0.4 is 5.56 Å². The fraction of sp³-hybridized carbons (Fsp3) is 0.316. The maximum atomic E-state index is 13.1. The van der Waals surface area contributed by atoms with Gasteiger partial charge in [-0.3, -0.25) is 4.79 Å². The topological polar surface area (TPSA) is 101 Å². The predicted molar refractivity (Wildman–Crippen MR) is 98.6 cm³/mol. The number of aromatic nitrogens is 6. The van der Waals surface area contributed by atoms with Crippen LogP contribution in [0.25, 0.3) is 11.0 Å². The van der Waals surface area contributed by atoms with E-state index in [4.69, 9.17) is 9.26 Å². The highest BCUT2D eigenvalue weighted by atomic mass is 19.1. The van der Waals surface area contributed by atoms with Gasteiger partial charge in [0.15, 0.2) is 11.3 Å². The van der Waals surface area contributed by atoms with Crippen LogP contribution in [0, 0.1) is 5.82 Å². The Balaban J connectivity index is 1.32. The van der Waals surface area contributed by atoms with E-state index in [0.29, 0.717) is 35.8 Å². The third-order valence-electron chi connectivity index (χ3n) is 5.12. The number of ether oxygens (including phenoxy) is 1. The van der Waals surface area contributed by atoms with E-state index in [1.165, 1.54) is 21.4 Å². The molecular weight excluding hydrogens is 379 g/mol. The third-order valence-corrected chi connectivity index (χ3v) is 5.12. The zero-order chi connectivity index (χ0) is 20.0. The van der Waals surface area contributed by atoms with Gasteiger partial charge in [0.05, 0.1) is 12.7 Å². The molecule has 0 saturated carbocycles. The molecule has 0 N–H and O–H groups in total. The summed E-state index contributed by atoms with van der Waals surface area (Å²) in [7, 11) is 1.67. The van der Waals surface area contributed by atoms with E-state index in [1.807, 2.05) is 0 Å². The Hall–Kier alpha value is -3.40. The number of pyridine rings is 1. The van der Waals surface area contributed by atoms with Crippen molar-refractivity contribution in [3.05, 3.63) is 70.0 Å². The molecule has 1 fully saturated rings. The molecule has 1 aromatic carbocycles. The van der Waals surface area contributed by atoms with Gasteiger partial charge in [0.25, 0.3) is 5.56 Å². The van der Waals surface area contributed by atoms with Gasteiger partial charge in [0.2, 0.25) is 5.89 Å². The lowest BCUT2D eigenvalue weighted by molar-refractivity contribution is 0.110. The number of aryl methyl sites for hydroxylation is 1. The van der Waals surface area contributed by atoms with E-state index < -0.39 is 0 Å². The summed E-state index contributed by atoms with van der Waals surface area (Å²) in [6.07, 6.45) is 2.17. The van der Waals surface area contributed by atoms with Crippen molar-refractivity contribution in [3.8, 4) is 0 Å². The predicted octanol–water partition coefficient (Wildman–Crippen LogP) is 1.95. The van der Waals surface area contributed by atoms with Gasteiger partial charge >= 0.3 is 0 Å². The molecule has 0 bridgehead atoms. The van der Waals surface area contributed by atoms with Crippen molar-refractivity contribution in [2.45, 2.75) is 25.0 Å². The van der Waals surface area contributed by atoms with Gasteiger partial charge < -0.3 is 13.8 Å². The van der Waals surface area contributed by atoms with Crippen molar-refractivity contribution < 1.29 is 13.7 Å². The van der Waals surface area contributed by atoms with Crippen LogP contribution in [-0.4, -0.2) is 36.3 Å². The minimum atomic E-state index is -0.276. The van der Waals surface area contributed by atoms with Crippen molar-refractivity contribution in [3.63, 3.8) is 0 Å². The second kappa shape index (κ2) is 6.89. The standard InChI is InChI=1S/C19H17FN6O3/c1-25-17-14(22-24-25)6-7-26(19(17)27)9-16-21-18(23-29-16)12-8-15(28-10-12)11-2-4-13(20)5-3-11/h2-7,12,15H,8-10H2,1H3/t12-,15+/m0/s1. The fourth-order valence-electron chi connectivity index (χ4n) is 3.58. The van der Waals surface area contributed by atoms with Gasteiger partial charge in [0, 0.05) is 19.2 Å². The maximum absolute atomic E-state index is 13.1. The van der Waals surface area contributed by atoms with Crippen molar-refractivity contribution in [1.29, 1.82) is 0 Å². The summed E-state index contributed by atoms with van der Waals surface area (Å²) < 4.78 is 27.2. The van der Waals surface area contributed by atoms with Gasteiger partial charge in [0.1, 0.15) is 17.9 Å². The summed E-state index contributed by atoms with van der Waals surface area (Å²) in [4.78, 5) is 17.1. The molecule has 4 aromatic rings. The van der Waals surface area contributed by atoms with Crippen molar-refractivity contribution >= 4 is 11.0 Å². The Labute approximate surface area is 163 Å². The largest absolute Gasteiger partial charge is 0.373 e. The van der Waals surface area contributed by atoms with Crippen LogP contribution in [0.1, 0.15) is 35.7 Å². The normalized spacial score (nSPS) is 19.2. The number of hydrogen-bond donors (Lipinski definition) is 0. The van der Waals surface area contributed by atoms with E-state index in [2.05, 4.69) is 20.5 Å². The van der Waals surface area contributed by atoms with Gasteiger partial charge in [-0.05, 0) is 30.2 Å². The lowest BCUT2D eigenvalue weighted by Gasteiger charge is -2.08. The molecule has 0 spiro atoms. The van der Waals surface area contributed by atoms with Crippen molar-refractivity contribution in [2.24, 2.45) is 7.05 Å². The molecule has 10 heteroatoms. The maximum Gasteiger partial charge on any atom is 0.278 e. The van der Waals surface area contributed by atoms with Gasteiger partial charge in [-0.25, -0.2) is 9.07 Å². The number of fused-ring (bicyclic) bond motifs is 1. The van der Waals surface area contributed by atoms with Crippen LogP contribution in [0.2, 0.25) is 0 Å².